The van der Waals surface area contributed by atoms with E-state index >= 15 is 0 Å². The Kier molecular flexibility index (Phi) is 8.74. The first kappa shape index (κ1) is 41.4. The number of fused-ring (bicyclic) bond motifs is 22. The minimum Gasteiger partial charge on any atom is -0.310 e. The first-order valence-electron chi connectivity index (χ1n) is 26.1. The lowest BCUT2D eigenvalue weighted by Gasteiger charge is -2.37. The van der Waals surface area contributed by atoms with Crippen molar-refractivity contribution in [1.29, 1.82) is 0 Å². The molecule has 346 valence electrons. The molecule has 0 saturated heterocycles. The van der Waals surface area contributed by atoms with Crippen LogP contribution >= 0.6 is 0 Å². The Labute approximate surface area is 432 Å². The Morgan fingerprint density at radius 1 is 0.324 bits per heavy atom. The molecular formula is C72H48N2. The maximum atomic E-state index is 2.54. The Balaban J connectivity index is 0.972. The number of para-hydroxylation sites is 3. The number of benzene rings is 11. The van der Waals surface area contributed by atoms with Crippen molar-refractivity contribution >= 4 is 44.9 Å². The Hall–Kier alpha value is -9.24. The number of nitrogens with zero attached hydrogens (tertiary/aromatic N) is 2. The van der Waals surface area contributed by atoms with Crippen molar-refractivity contribution in [2.75, 3.05) is 9.80 Å². The normalized spacial score (nSPS) is 19.4. The fourth-order valence-corrected chi connectivity index (χ4v) is 14.7. The summed E-state index contributed by atoms with van der Waals surface area (Å²) in [6, 6.07) is 95.9. The van der Waals surface area contributed by atoms with E-state index in [9.17, 15) is 0 Å². The van der Waals surface area contributed by atoms with Crippen LogP contribution in [0.5, 0.6) is 0 Å². The lowest BCUT2D eigenvalue weighted by molar-refractivity contribution is 0.465. The van der Waals surface area contributed by atoms with Gasteiger partial charge < -0.3 is 9.80 Å². The highest BCUT2D eigenvalue weighted by Gasteiger charge is 2.58. The molecule has 0 fully saturated rings. The average molecular weight is 941 g/mol. The minimum absolute atomic E-state index is 0.249. The third-order valence-corrected chi connectivity index (χ3v) is 17.3. The zero-order valence-electron chi connectivity index (χ0n) is 40.6. The van der Waals surface area contributed by atoms with E-state index in [1.54, 1.807) is 0 Å². The SMILES string of the molecule is C1=CC2c3ccccc3C3(c4ccccc4-c4c(N(c5ccccc5)c5ccc6c(c5)-c5ccccc5C65c6ccccc6-c6c5c(N(c5ccccc5)c5ccccc5)cc5ccccc65)cccc43)C2C=C1. The van der Waals surface area contributed by atoms with Gasteiger partial charge in [0.1, 0.15) is 0 Å². The second kappa shape index (κ2) is 15.6. The third kappa shape index (κ3) is 5.34. The molecular weight excluding hydrogens is 893 g/mol. The zero-order valence-corrected chi connectivity index (χ0v) is 40.6. The summed E-state index contributed by atoms with van der Waals surface area (Å²) < 4.78 is 0. The second-order valence-corrected chi connectivity index (χ2v) is 20.6. The predicted molar refractivity (Wildman–Crippen MR) is 306 cm³/mol. The maximum absolute atomic E-state index is 2.54. The van der Waals surface area contributed by atoms with Crippen molar-refractivity contribution in [3.8, 4) is 33.4 Å². The Bertz CT molecular complexity index is 4130. The van der Waals surface area contributed by atoms with Crippen molar-refractivity contribution < 1.29 is 0 Å². The molecule has 5 aliphatic carbocycles. The molecule has 2 nitrogen and oxygen atoms in total. The van der Waals surface area contributed by atoms with Crippen LogP contribution in [-0.2, 0) is 10.8 Å². The van der Waals surface area contributed by atoms with Gasteiger partial charge in [0.05, 0.1) is 22.2 Å². The summed E-state index contributed by atoms with van der Waals surface area (Å²) in [5.41, 5.74) is 24.4. The summed E-state index contributed by atoms with van der Waals surface area (Å²) in [6.45, 7) is 0. The highest BCUT2D eigenvalue weighted by Crippen LogP contribution is 2.69. The van der Waals surface area contributed by atoms with E-state index in [0.717, 1.165) is 22.7 Å². The minimum atomic E-state index is -0.636. The van der Waals surface area contributed by atoms with Crippen LogP contribution in [0.4, 0.5) is 34.1 Å². The van der Waals surface area contributed by atoms with Gasteiger partial charge in [0, 0.05) is 45.7 Å². The molecule has 2 heteroatoms. The average Bonchev–Trinajstić information content (AvgIpc) is 4.16. The number of hydrogen-bond acceptors (Lipinski definition) is 2. The van der Waals surface area contributed by atoms with Crippen LogP contribution < -0.4 is 9.80 Å². The van der Waals surface area contributed by atoms with E-state index in [-0.39, 0.29) is 11.3 Å². The van der Waals surface area contributed by atoms with Gasteiger partial charge in [-0.25, -0.2) is 0 Å². The summed E-state index contributed by atoms with van der Waals surface area (Å²) in [5, 5.41) is 2.48. The molecule has 4 atom stereocenters. The van der Waals surface area contributed by atoms with E-state index in [1.807, 2.05) is 0 Å². The lowest BCUT2D eigenvalue weighted by atomic mass is 9.65. The first-order valence-corrected chi connectivity index (χ1v) is 26.1. The van der Waals surface area contributed by atoms with Crippen molar-refractivity contribution in [2.45, 2.75) is 16.7 Å². The van der Waals surface area contributed by atoms with Gasteiger partial charge in [0.2, 0.25) is 0 Å². The monoisotopic (exact) mass is 940 g/mol. The molecule has 16 rings (SSSR count). The van der Waals surface area contributed by atoms with Gasteiger partial charge in [-0.1, -0.05) is 218 Å². The number of anilines is 6. The van der Waals surface area contributed by atoms with Crippen LogP contribution in [0.15, 0.2) is 279 Å². The molecule has 0 saturated carbocycles. The van der Waals surface area contributed by atoms with Crippen LogP contribution in [0, 0.1) is 5.92 Å². The van der Waals surface area contributed by atoms with Crippen molar-refractivity contribution in [1.82, 2.24) is 0 Å². The molecule has 74 heavy (non-hydrogen) atoms. The molecule has 0 N–H and O–H groups in total. The van der Waals surface area contributed by atoms with Crippen LogP contribution in [-0.4, -0.2) is 0 Å². The van der Waals surface area contributed by atoms with Gasteiger partial charge in [-0.05, 0) is 138 Å². The summed E-state index contributed by atoms with van der Waals surface area (Å²) in [4.78, 5) is 5.04. The molecule has 0 bridgehead atoms. The van der Waals surface area contributed by atoms with Gasteiger partial charge in [0.15, 0.2) is 0 Å². The van der Waals surface area contributed by atoms with Gasteiger partial charge in [-0.3, -0.25) is 0 Å². The molecule has 11 aromatic carbocycles. The fourth-order valence-electron chi connectivity index (χ4n) is 14.7. The molecule has 0 amide bonds. The number of hydrogen-bond donors (Lipinski definition) is 0. The number of allylic oxidation sites excluding steroid dienone is 4. The summed E-state index contributed by atoms with van der Waals surface area (Å²) >= 11 is 0. The number of rotatable bonds is 6. The van der Waals surface area contributed by atoms with E-state index in [4.69, 9.17) is 0 Å². The van der Waals surface area contributed by atoms with E-state index in [0.29, 0.717) is 5.92 Å². The smallest absolute Gasteiger partial charge is 0.0746 e. The third-order valence-electron chi connectivity index (χ3n) is 17.3. The van der Waals surface area contributed by atoms with Crippen LogP contribution in [0.2, 0.25) is 0 Å². The maximum Gasteiger partial charge on any atom is 0.0746 e. The fraction of sp³-hybridized carbons (Fsp3) is 0.0556. The van der Waals surface area contributed by atoms with E-state index in [1.165, 1.54) is 100 Å². The van der Waals surface area contributed by atoms with Crippen LogP contribution in [0.3, 0.4) is 0 Å². The molecule has 0 radical (unpaired) electrons. The molecule has 0 aliphatic heterocycles. The zero-order chi connectivity index (χ0) is 48.5. The molecule has 11 aromatic rings. The van der Waals surface area contributed by atoms with Gasteiger partial charge in [-0.15, -0.1) is 0 Å². The van der Waals surface area contributed by atoms with Crippen molar-refractivity contribution in [3.05, 3.63) is 324 Å². The topological polar surface area (TPSA) is 6.48 Å². The molecule has 2 spiro atoms. The Morgan fingerprint density at radius 2 is 0.851 bits per heavy atom. The predicted octanol–water partition coefficient (Wildman–Crippen LogP) is 18.3. The highest BCUT2D eigenvalue weighted by atomic mass is 15.2. The van der Waals surface area contributed by atoms with Gasteiger partial charge >= 0.3 is 0 Å². The first-order chi connectivity index (χ1) is 36.8. The van der Waals surface area contributed by atoms with Gasteiger partial charge in [-0.2, -0.15) is 0 Å². The summed E-state index contributed by atoms with van der Waals surface area (Å²) in [5.74, 6) is 0.546. The largest absolute Gasteiger partial charge is 0.310 e. The van der Waals surface area contributed by atoms with Crippen molar-refractivity contribution in [3.63, 3.8) is 0 Å². The summed E-state index contributed by atoms with van der Waals surface area (Å²) in [7, 11) is 0. The summed E-state index contributed by atoms with van der Waals surface area (Å²) in [6.07, 6.45) is 9.44. The highest BCUT2D eigenvalue weighted by molar-refractivity contribution is 6.11. The van der Waals surface area contributed by atoms with E-state index < -0.39 is 5.41 Å². The van der Waals surface area contributed by atoms with E-state index in [2.05, 4.69) is 289 Å². The Morgan fingerprint density at radius 3 is 1.57 bits per heavy atom. The van der Waals surface area contributed by atoms with Crippen molar-refractivity contribution in [2.24, 2.45) is 5.92 Å². The lowest BCUT2D eigenvalue weighted by Crippen LogP contribution is -2.33. The second-order valence-electron chi connectivity index (χ2n) is 20.6. The van der Waals surface area contributed by atoms with Crippen LogP contribution in [0.25, 0.3) is 44.2 Å². The quantitative estimate of drug-likeness (QED) is 0.164. The van der Waals surface area contributed by atoms with Crippen LogP contribution in [0.1, 0.15) is 50.4 Å². The molecule has 0 heterocycles. The molecule has 5 aliphatic rings. The van der Waals surface area contributed by atoms with Gasteiger partial charge in [0.25, 0.3) is 0 Å². The molecule has 0 aromatic heterocycles. The standard InChI is InChI=1S/C72H48N2/c1-4-24-48(25-5-1)73(49-26-6-2-7-27-49)67-45-47-23-10-11-30-52(47)68-56-34-15-21-40-63(56)72(70(67)68)61-38-19-14-33-55(61)58-46-51(43-44-64(58)72)74(50-28-8-3-9-29-50)66-42-22-41-65-69(66)57-35-16-20-39-62(57)71(65)59-36-17-12-31-53(59)54-32-13-18-37-60(54)71/h1-46,53,59H. The molecule has 4 unspecified atom stereocenters.